The van der Waals surface area contributed by atoms with Crippen molar-refractivity contribution >= 4 is 104 Å². The summed E-state index contributed by atoms with van der Waals surface area (Å²) < 4.78 is 0. The van der Waals surface area contributed by atoms with E-state index in [1.165, 1.54) is 12.8 Å². The van der Waals surface area contributed by atoms with E-state index >= 15 is 0 Å². The molecule has 0 aromatic rings. The molecule has 3 fully saturated rings. The highest BCUT2D eigenvalue weighted by Crippen LogP contribution is 2.33. The van der Waals surface area contributed by atoms with Crippen molar-refractivity contribution in [3.8, 4) is 0 Å². The van der Waals surface area contributed by atoms with E-state index in [2.05, 4.69) is 26.6 Å². The van der Waals surface area contributed by atoms with E-state index in [1.54, 1.807) is 9.80 Å². The second-order valence-electron chi connectivity index (χ2n) is 13.3. The van der Waals surface area contributed by atoms with E-state index < -0.39 is 23.9 Å². The Bertz CT molecular complexity index is 1080. The third kappa shape index (κ3) is 24.4. The zero-order valence-corrected chi connectivity index (χ0v) is 35.6. The van der Waals surface area contributed by atoms with Gasteiger partial charge in [0, 0.05) is 69.4 Å². The lowest BCUT2D eigenvalue weighted by molar-refractivity contribution is -0.139. The van der Waals surface area contributed by atoms with E-state index in [9.17, 15) is 39.3 Å². The fourth-order valence-corrected chi connectivity index (χ4v) is 8.17. The number of aliphatic carboxylic acids is 3. The number of thioether (sulfide) groups is 1. The Balaban J connectivity index is -0.00000520. The van der Waals surface area contributed by atoms with E-state index in [4.69, 9.17) is 0 Å². The van der Waals surface area contributed by atoms with Crippen LogP contribution in [-0.4, -0.2) is 174 Å². The molecule has 0 radical (unpaired) electrons. The number of nitrogens with one attached hydrogen (secondary N) is 5. The first-order valence-corrected chi connectivity index (χ1v) is 18.9. The number of carbonyl (C=O) groups excluding carboxylic acids is 2. The highest BCUT2D eigenvalue weighted by Gasteiger charge is 2.42. The molecule has 0 saturated carbocycles. The molecular weight excluding hydrogens is 834 g/mol. The monoisotopic (exact) mass is 894 g/mol. The van der Waals surface area contributed by atoms with Gasteiger partial charge in [0.15, 0.2) is 0 Å². The maximum atomic E-state index is 12.8. The molecule has 320 valence electrons. The van der Waals surface area contributed by atoms with Crippen LogP contribution in [0.4, 0.5) is 4.79 Å². The maximum Gasteiger partial charge on any atom is 0.317 e. The molecule has 3 aliphatic heterocycles. The summed E-state index contributed by atoms with van der Waals surface area (Å²) in [5.74, 6) is -2.12. The van der Waals surface area contributed by atoms with Crippen molar-refractivity contribution in [3.05, 3.63) is 0 Å². The van der Waals surface area contributed by atoms with Gasteiger partial charge in [0.05, 0.1) is 38.1 Å². The molecule has 4 atom stereocenters. The lowest BCUT2D eigenvalue weighted by Gasteiger charge is -2.32. The molecule has 0 bridgehead atoms. The molecule has 3 heterocycles. The van der Waals surface area contributed by atoms with Gasteiger partial charge in [0.25, 0.3) is 0 Å². The van der Waals surface area contributed by atoms with Crippen LogP contribution >= 0.6 is 73.8 Å². The SMILES string of the molecule is Cl.Cl.Cl.Cl.Cl.O=C(O)CC1CN(CC(=O)O)CCN(CC(=O)NCCCCCCNCCCCC[C@@H]2SC[C@@H]3NC(=O)N[C@@H]32)CCN(CC(=O)O)CCN1. The van der Waals surface area contributed by atoms with Gasteiger partial charge in [-0.3, -0.25) is 33.9 Å². The van der Waals surface area contributed by atoms with Crippen LogP contribution in [0.25, 0.3) is 0 Å². The molecule has 3 amide bonds. The summed E-state index contributed by atoms with van der Waals surface area (Å²) >= 11 is 1.97. The highest BCUT2D eigenvalue weighted by molar-refractivity contribution is 8.00. The van der Waals surface area contributed by atoms with Gasteiger partial charge in [-0.05, 0) is 38.8 Å². The lowest BCUT2D eigenvalue weighted by atomic mass is 10.0. The minimum atomic E-state index is -1.02. The van der Waals surface area contributed by atoms with Crippen LogP contribution in [0.15, 0.2) is 0 Å². The molecule has 16 nitrogen and oxygen atoms in total. The first kappa shape index (κ1) is 57.1. The Hall–Kier alpha value is -1.25. The Morgan fingerprint density at radius 3 is 1.85 bits per heavy atom. The van der Waals surface area contributed by atoms with Crippen molar-refractivity contribution in [2.24, 2.45) is 0 Å². The predicted molar refractivity (Wildman–Crippen MR) is 223 cm³/mol. The van der Waals surface area contributed by atoms with Gasteiger partial charge < -0.3 is 41.9 Å². The van der Waals surface area contributed by atoms with Crippen LogP contribution in [0, 0.1) is 0 Å². The quantitative estimate of drug-likeness (QED) is 0.0608. The second kappa shape index (κ2) is 32.8. The minimum Gasteiger partial charge on any atom is -0.481 e. The van der Waals surface area contributed by atoms with Gasteiger partial charge in [-0.15, -0.1) is 62.0 Å². The van der Waals surface area contributed by atoms with Crippen LogP contribution in [0.3, 0.4) is 0 Å². The average molecular weight is 897 g/mol. The van der Waals surface area contributed by atoms with E-state index in [-0.39, 0.29) is 113 Å². The molecular formula is C32H63Cl5N8O8S. The number of carboxylic acid groups (broad SMARTS) is 3. The largest absolute Gasteiger partial charge is 0.481 e. The number of carboxylic acids is 3. The highest BCUT2D eigenvalue weighted by atomic mass is 35.5. The zero-order chi connectivity index (χ0) is 35.4. The van der Waals surface area contributed by atoms with Crippen LogP contribution in [0.5, 0.6) is 0 Å². The minimum absolute atomic E-state index is 0. The molecule has 3 aliphatic rings. The summed E-state index contributed by atoms with van der Waals surface area (Å²) in [5.41, 5.74) is 0. The topological polar surface area (TPSA) is 216 Å². The number of unbranched alkanes of at least 4 members (excludes halogenated alkanes) is 5. The smallest absolute Gasteiger partial charge is 0.317 e. The molecule has 0 aromatic heterocycles. The molecule has 0 spiro atoms. The third-order valence-electron chi connectivity index (χ3n) is 9.19. The standard InChI is InChI=1S/C32H58N8O8S.5ClH/c41-27(35-11-7-2-1-5-9-33-10-6-3-4-8-26-31-25(23-49-26)36-32(48)37-31)20-39-15-14-38(21-29(44)45)13-12-34-24(18-28(42)43)19-40(17-16-39)22-30(46)47;;;;;/h24-26,31,33-34H,1-23H2,(H,35,41)(H,42,43)(H,44,45)(H,46,47)(H2,36,37,48);5*1H/t24?,25-,26-,31-;;;;;/m0...../s1. The molecule has 1 unspecified atom stereocenters. The molecule has 22 heteroatoms. The van der Waals surface area contributed by atoms with Gasteiger partial charge in [-0.25, -0.2) is 4.79 Å². The molecule has 3 rings (SSSR count). The summed E-state index contributed by atoms with van der Waals surface area (Å²) in [7, 11) is 0. The summed E-state index contributed by atoms with van der Waals surface area (Å²) in [4.78, 5) is 64.0. The van der Waals surface area contributed by atoms with Crippen molar-refractivity contribution in [1.82, 2.24) is 41.3 Å². The number of amides is 3. The van der Waals surface area contributed by atoms with E-state index in [0.29, 0.717) is 57.1 Å². The second-order valence-corrected chi connectivity index (χ2v) is 14.6. The van der Waals surface area contributed by atoms with Crippen LogP contribution in [0.2, 0.25) is 0 Å². The number of rotatable bonds is 21. The van der Waals surface area contributed by atoms with Crippen LogP contribution in [-0.2, 0) is 19.2 Å². The summed E-state index contributed by atoms with van der Waals surface area (Å²) in [6, 6.07) is 0.0506. The van der Waals surface area contributed by atoms with Crippen molar-refractivity contribution in [3.63, 3.8) is 0 Å². The molecule has 54 heavy (non-hydrogen) atoms. The zero-order valence-electron chi connectivity index (χ0n) is 30.7. The van der Waals surface area contributed by atoms with E-state index in [1.807, 2.05) is 16.7 Å². The number of halogens is 5. The Labute approximate surface area is 354 Å². The molecule has 3 saturated heterocycles. The molecule has 0 aliphatic carbocycles. The van der Waals surface area contributed by atoms with Gasteiger partial charge >= 0.3 is 23.9 Å². The van der Waals surface area contributed by atoms with Gasteiger partial charge in [0.2, 0.25) is 5.91 Å². The Morgan fingerprint density at radius 1 is 0.685 bits per heavy atom. The van der Waals surface area contributed by atoms with Gasteiger partial charge in [0.1, 0.15) is 0 Å². The van der Waals surface area contributed by atoms with Crippen molar-refractivity contribution in [2.45, 2.75) is 81.2 Å². The predicted octanol–water partition coefficient (Wildman–Crippen LogP) is 1.61. The number of hydrogen-bond acceptors (Lipinski definition) is 11. The fraction of sp³-hybridized carbons (Fsp3) is 0.844. The van der Waals surface area contributed by atoms with Crippen LogP contribution in [0.1, 0.15) is 57.8 Å². The number of nitrogens with zero attached hydrogens (tertiary/aromatic N) is 3. The summed E-state index contributed by atoms with van der Waals surface area (Å²) in [6.45, 7) is 4.71. The Morgan fingerprint density at radius 2 is 1.24 bits per heavy atom. The third-order valence-corrected chi connectivity index (χ3v) is 10.7. The Kier molecular flexibility index (Phi) is 34.7. The van der Waals surface area contributed by atoms with E-state index in [0.717, 1.165) is 57.4 Å². The first-order valence-electron chi connectivity index (χ1n) is 17.8. The van der Waals surface area contributed by atoms with Crippen molar-refractivity contribution in [2.75, 3.05) is 90.8 Å². The fourth-order valence-electron chi connectivity index (χ4n) is 6.63. The summed E-state index contributed by atoms with van der Waals surface area (Å²) in [6.07, 6.45) is 8.52. The van der Waals surface area contributed by atoms with Crippen molar-refractivity contribution in [1.29, 1.82) is 0 Å². The number of hydrogen-bond donors (Lipinski definition) is 8. The number of fused-ring (bicyclic) bond motifs is 1. The van der Waals surface area contributed by atoms with Crippen molar-refractivity contribution < 1.29 is 39.3 Å². The number of carbonyl (C=O) groups is 5. The summed E-state index contributed by atoms with van der Waals surface area (Å²) in [5, 5.41) is 44.4. The van der Waals surface area contributed by atoms with Crippen LogP contribution < -0.4 is 26.6 Å². The number of urea groups is 1. The normalized spacial score (nSPS) is 22.0. The maximum absolute atomic E-state index is 12.8. The van der Waals surface area contributed by atoms with Gasteiger partial charge in [-0.2, -0.15) is 11.8 Å². The first-order chi connectivity index (χ1) is 23.6. The molecule has 8 N–H and O–H groups in total. The molecule has 0 aromatic carbocycles. The lowest BCUT2D eigenvalue weighted by Crippen LogP contribution is -2.51. The average Bonchev–Trinajstić information content (AvgIpc) is 3.58. The van der Waals surface area contributed by atoms with Gasteiger partial charge in [-0.1, -0.05) is 25.7 Å².